The number of hydrogen-bond donors (Lipinski definition) is 1. The van der Waals surface area contributed by atoms with Crippen LogP contribution >= 0.6 is 0 Å². The maximum atomic E-state index is 13.0. The molecule has 0 aliphatic carbocycles. The molecule has 7 nitrogen and oxygen atoms in total. The third kappa shape index (κ3) is 3.10. The van der Waals surface area contributed by atoms with E-state index in [1.807, 2.05) is 53.4 Å². The van der Waals surface area contributed by atoms with Gasteiger partial charge in [-0.25, -0.2) is 0 Å². The standard InChI is InChI=1S/C21H19N3O4/c25-21(16-8-9-22-23-16)24-11-19(14-4-2-1-3-5-14)28-20(12-24)15-6-7-17-18(10-15)27-13-26-17/h1-10,19-20H,11-13H2,(H,22,23)/t19-,20+/m0/s1. The quantitative estimate of drug-likeness (QED) is 0.759. The zero-order valence-electron chi connectivity index (χ0n) is 15.1. The van der Waals surface area contributed by atoms with E-state index in [0.29, 0.717) is 24.5 Å². The van der Waals surface area contributed by atoms with E-state index in [1.165, 1.54) is 0 Å². The third-order valence-corrected chi connectivity index (χ3v) is 5.06. The second kappa shape index (κ2) is 7.01. The van der Waals surface area contributed by atoms with Crippen LogP contribution in [0.1, 0.15) is 33.8 Å². The first-order chi connectivity index (χ1) is 13.8. The van der Waals surface area contributed by atoms with E-state index in [4.69, 9.17) is 14.2 Å². The van der Waals surface area contributed by atoms with Crippen molar-refractivity contribution in [2.45, 2.75) is 12.2 Å². The Morgan fingerprint density at radius 2 is 1.75 bits per heavy atom. The van der Waals surface area contributed by atoms with Gasteiger partial charge in [0.1, 0.15) is 17.9 Å². The normalized spacial score (nSPS) is 20.9. The molecule has 5 rings (SSSR count). The number of benzene rings is 2. The fourth-order valence-corrected chi connectivity index (χ4v) is 3.62. The maximum absolute atomic E-state index is 13.0. The Balaban J connectivity index is 1.47. The molecule has 1 fully saturated rings. The van der Waals surface area contributed by atoms with Gasteiger partial charge in [0.05, 0.1) is 13.1 Å². The SMILES string of the molecule is O=C(c1ccn[nH]1)N1C[C@@H](c2ccccc2)O[C@@H](c2ccc3c(c2)OCO3)C1. The van der Waals surface area contributed by atoms with Gasteiger partial charge < -0.3 is 19.1 Å². The lowest BCUT2D eigenvalue weighted by atomic mass is 10.0. The zero-order chi connectivity index (χ0) is 18.9. The number of carbonyl (C=O) groups excluding carboxylic acids is 1. The molecule has 1 aromatic heterocycles. The van der Waals surface area contributed by atoms with Gasteiger partial charge in [-0.15, -0.1) is 0 Å². The second-order valence-corrected chi connectivity index (χ2v) is 6.82. The predicted octanol–water partition coefficient (Wildman–Crippen LogP) is 3.09. The van der Waals surface area contributed by atoms with E-state index in [9.17, 15) is 4.79 Å². The summed E-state index contributed by atoms with van der Waals surface area (Å²) in [5, 5.41) is 6.66. The van der Waals surface area contributed by atoms with E-state index in [0.717, 1.165) is 16.9 Å². The van der Waals surface area contributed by atoms with E-state index in [1.54, 1.807) is 12.3 Å². The minimum absolute atomic E-state index is 0.0903. The first-order valence-corrected chi connectivity index (χ1v) is 9.16. The van der Waals surface area contributed by atoms with Crippen LogP contribution in [0.2, 0.25) is 0 Å². The highest BCUT2D eigenvalue weighted by molar-refractivity contribution is 5.92. The highest BCUT2D eigenvalue weighted by Gasteiger charge is 2.33. The lowest BCUT2D eigenvalue weighted by molar-refractivity contribution is -0.0798. The van der Waals surface area contributed by atoms with Crippen molar-refractivity contribution in [1.82, 2.24) is 15.1 Å². The number of aromatic amines is 1. The molecule has 2 aliphatic heterocycles. The van der Waals surface area contributed by atoms with Crippen molar-refractivity contribution >= 4 is 5.91 Å². The maximum Gasteiger partial charge on any atom is 0.272 e. The highest BCUT2D eigenvalue weighted by Crippen LogP contribution is 2.38. The molecule has 2 aromatic carbocycles. The monoisotopic (exact) mass is 377 g/mol. The van der Waals surface area contributed by atoms with Gasteiger partial charge in [-0.2, -0.15) is 5.10 Å². The number of aromatic nitrogens is 2. The molecular weight excluding hydrogens is 358 g/mol. The van der Waals surface area contributed by atoms with Crippen LogP contribution in [0.15, 0.2) is 60.8 Å². The Morgan fingerprint density at radius 1 is 0.964 bits per heavy atom. The molecular formula is C21H19N3O4. The third-order valence-electron chi connectivity index (χ3n) is 5.06. The molecule has 0 spiro atoms. The van der Waals surface area contributed by atoms with Gasteiger partial charge in [-0.1, -0.05) is 36.4 Å². The minimum Gasteiger partial charge on any atom is -0.454 e. The fourth-order valence-electron chi connectivity index (χ4n) is 3.62. The van der Waals surface area contributed by atoms with Gasteiger partial charge in [0.15, 0.2) is 11.5 Å². The van der Waals surface area contributed by atoms with Crippen molar-refractivity contribution in [2.24, 2.45) is 0 Å². The Bertz CT molecular complexity index is 975. The smallest absolute Gasteiger partial charge is 0.272 e. The van der Waals surface area contributed by atoms with E-state index in [2.05, 4.69) is 10.2 Å². The molecule has 7 heteroatoms. The molecule has 0 unspecified atom stereocenters. The molecule has 1 amide bonds. The van der Waals surface area contributed by atoms with Crippen LogP contribution in [0.25, 0.3) is 0 Å². The number of ether oxygens (including phenoxy) is 3. The van der Waals surface area contributed by atoms with Gasteiger partial charge in [0.25, 0.3) is 5.91 Å². The molecule has 3 heterocycles. The summed E-state index contributed by atoms with van der Waals surface area (Å²) in [6, 6.07) is 17.4. The van der Waals surface area contributed by atoms with Crippen LogP contribution < -0.4 is 9.47 Å². The summed E-state index contributed by atoms with van der Waals surface area (Å²) in [6.45, 7) is 1.14. The van der Waals surface area contributed by atoms with E-state index >= 15 is 0 Å². The fraction of sp³-hybridized carbons (Fsp3) is 0.238. The molecule has 0 radical (unpaired) electrons. The first-order valence-electron chi connectivity index (χ1n) is 9.16. The van der Waals surface area contributed by atoms with E-state index in [-0.39, 0.29) is 24.9 Å². The van der Waals surface area contributed by atoms with Crippen LogP contribution in [0, 0.1) is 0 Å². The number of rotatable bonds is 3. The van der Waals surface area contributed by atoms with Crippen LogP contribution in [-0.4, -0.2) is 40.9 Å². The van der Waals surface area contributed by atoms with Crippen molar-refractivity contribution < 1.29 is 19.0 Å². The molecule has 1 saturated heterocycles. The molecule has 28 heavy (non-hydrogen) atoms. The number of morpholine rings is 1. The Morgan fingerprint density at radius 3 is 2.54 bits per heavy atom. The summed E-state index contributed by atoms with van der Waals surface area (Å²) in [5.41, 5.74) is 2.46. The van der Waals surface area contributed by atoms with Crippen molar-refractivity contribution in [2.75, 3.05) is 19.9 Å². The van der Waals surface area contributed by atoms with Gasteiger partial charge in [-0.05, 0) is 29.3 Å². The molecule has 2 atom stereocenters. The minimum atomic E-state index is -0.277. The lowest BCUT2D eigenvalue weighted by Crippen LogP contribution is -2.43. The Kier molecular flexibility index (Phi) is 4.21. The zero-order valence-corrected chi connectivity index (χ0v) is 15.1. The second-order valence-electron chi connectivity index (χ2n) is 6.82. The number of nitrogens with one attached hydrogen (secondary N) is 1. The van der Waals surface area contributed by atoms with Crippen molar-refractivity contribution in [3.8, 4) is 11.5 Å². The van der Waals surface area contributed by atoms with Gasteiger partial charge in [0.2, 0.25) is 6.79 Å². The van der Waals surface area contributed by atoms with Crippen LogP contribution in [-0.2, 0) is 4.74 Å². The summed E-state index contributed by atoms with van der Waals surface area (Å²) in [6.07, 6.45) is 1.08. The van der Waals surface area contributed by atoms with Gasteiger partial charge in [0, 0.05) is 6.20 Å². The Labute approximate surface area is 161 Å². The number of hydrogen-bond acceptors (Lipinski definition) is 5. The summed E-state index contributed by atoms with van der Waals surface area (Å²) in [5.74, 6) is 1.34. The highest BCUT2D eigenvalue weighted by atomic mass is 16.7. The predicted molar refractivity (Wildman–Crippen MR) is 100 cm³/mol. The van der Waals surface area contributed by atoms with Gasteiger partial charge >= 0.3 is 0 Å². The van der Waals surface area contributed by atoms with Crippen LogP contribution in [0.3, 0.4) is 0 Å². The number of H-pyrrole nitrogens is 1. The summed E-state index contributed by atoms with van der Waals surface area (Å²) < 4.78 is 17.3. The Hall–Kier alpha value is -3.32. The van der Waals surface area contributed by atoms with Crippen molar-refractivity contribution in [1.29, 1.82) is 0 Å². The largest absolute Gasteiger partial charge is 0.454 e. The summed E-state index contributed by atoms with van der Waals surface area (Å²) >= 11 is 0. The molecule has 0 saturated carbocycles. The van der Waals surface area contributed by atoms with Gasteiger partial charge in [-0.3, -0.25) is 9.89 Å². The first kappa shape index (κ1) is 16.8. The average Bonchev–Trinajstić information content (AvgIpc) is 3.45. The van der Waals surface area contributed by atoms with Crippen molar-refractivity contribution in [3.63, 3.8) is 0 Å². The van der Waals surface area contributed by atoms with Crippen molar-refractivity contribution in [3.05, 3.63) is 77.6 Å². The summed E-state index contributed by atoms with van der Waals surface area (Å²) in [7, 11) is 0. The molecule has 2 aliphatic rings. The lowest BCUT2D eigenvalue weighted by Gasteiger charge is -2.38. The molecule has 142 valence electrons. The summed E-state index contributed by atoms with van der Waals surface area (Å²) in [4.78, 5) is 14.8. The van der Waals surface area contributed by atoms with Crippen LogP contribution in [0.5, 0.6) is 11.5 Å². The number of carbonyl (C=O) groups is 1. The molecule has 1 N–H and O–H groups in total. The number of nitrogens with zero attached hydrogens (tertiary/aromatic N) is 2. The molecule has 0 bridgehead atoms. The van der Waals surface area contributed by atoms with Crippen LogP contribution in [0.4, 0.5) is 0 Å². The number of fused-ring (bicyclic) bond motifs is 1. The average molecular weight is 377 g/mol. The number of amides is 1. The van der Waals surface area contributed by atoms with E-state index < -0.39 is 0 Å². The molecule has 3 aromatic rings. The topological polar surface area (TPSA) is 76.7 Å².